The molecule has 1 aromatic rings. The highest BCUT2D eigenvalue weighted by molar-refractivity contribution is 7.89. The number of sulfonamides is 1. The maximum absolute atomic E-state index is 12.4. The van der Waals surface area contributed by atoms with E-state index in [1.54, 1.807) is 0 Å². The predicted octanol–water partition coefficient (Wildman–Crippen LogP) is 2.69. The largest absolute Gasteiger partial charge is 0.379 e. The van der Waals surface area contributed by atoms with Crippen LogP contribution in [0.2, 0.25) is 8.67 Å². The molecule has 0 bridgehead atoms. The highest BCUT2D eigenvalue weighted by atomic mass is 35.5. The van der Waals surface area contributed by atoms with Crippen LogP contribution in [0.25, 0.3) is 0 Å². The summed E-state index contributed by atoms with van der Waals surface area (Å²) >= 11 is 12.8. The lowest BCUT2D eigenvalue weighted by atomic mass is 10.0. The Morgan fingerprint density at radius 3 is 2.50 bits per heavy atom. The van der Waals surface area contributed by atoms with E-state index in [1.165, 1.54) is 6.07 Å². The van der Waals surface area contributed by atoms with E-state index >= 15 is 0 Å². The molecule has 126 valence electrons. The number of hydrogen-bond acceptors (Lipinski definition) is 5. The van der Waals surface area contributed by atoms with Crippen molar-refractivity contribution in [2.75, 3.05) is 32.8 Å². The number of nitrogens with zero attached hydrogens (tertiary/aromatic N) is 1. The fourth-order valence-corrected chi connectivity index (χ4v) is 5.68. The molecule has 0 aliphatic carbocycles. The Bertz CT molecular complexity index is 598. The van der Waals surface area contributed by atoms with Gasteiger partial charge in [0.25, 0.3) is 0 Å². The minimum atomic E-state index is -3.65. The van der Waals surface area contributed by atoms with Crippen molar-refractivity contribution in [1.82, 2.24) is 9.62 Å². The third-order valence-corrected chi connectivity index (χ3v) is 6.86. The van der Waals surface area contributed by atoms with E-state index in [-0.39, 0.29) is 15.3 Å². The van der Waals surface area contributed by atoms with E-state index in [0.717, 1.165) is 24.4 Å². The van der Waals surface area contributed by atoms with Gasteiger partial charge >= 0.3 is 0 Å². The quantitative estimate of drug-likeness (QED) is 0.816. The Kier molecular flexibility index (Phi) is 6.53. The maximum atomic E-state index is 12.4. The summed E-state index contributed by atoms with van der Waals surface area (Å²) in [5, 5.41) is 0. The first-order chi connectivity index (χ1) is 10.3. The van der Waals surface area contributed by atoms with Gasteiger partial charge in [0.1, 0.15) is 9.23 Å². The van der Waals surface area contributed by atoms with Crippen LogP contribution >= 0.6 is 34.5 Å². The second-order valence-electron chi connectivity index (χ2n) is 5.50. The van der Waals surface area contributed by atoms with Crippen molar-refractivity contribution in [3.8, 4) is 0 Å². The Labute approximate surface area is 145 Å². The number of hydrogen-bond donors (Lipinski definition) is 1. The van der Waals surface area contributed by atoms with Crippen LogP contribution in [-0.2, 0) is 14.8 Å². The molecule has 1 N–H and O–H groups in total. The van der Waals surface area contributed by atoms with E-state index in [2.05, 4.69) is 23.5 Å². The molecule has 2 heterocycles. The predicted molar refractivity (Wildman–Crippen MR) is 90.5 cm³/mol. The molecule has 0 aromatic carbocycles. The molecule has 1 fully saturated rings. The maximum Gasteiger partial charge on any atom is 0.243 e. The summed E-state index contributed by atoms with van der Waals surface area (Å²) in [7, 11) is -3.65. The molecular weight excluding hydrogens is 367 g/mol. The van der Waals surface area contributed by atoms with Crippen LogP contribution in [0.5, 0.6) is 0 Å². The monoisotopic (exact) mass is 386 g/mol. The smallest absolute Gasteiger partial charge is 0.243 e. The number of ether oxygens (including phenoxy) is 1. The summed E-state index contributed by atoms with van der Waals surface area (Å²) in [5.74, 6) is 0.322. The number of nitrogens with one attached hydrogen (secondary N) is 1. The third kappa shape index (κ3) is 4.56. The van der Waals surface area contributed by atoms with E-state index in [4.69, 9.17) is 27.9 Å². The second kappa shape index (κ2) is 7.79. The molecule has 1 saturated heterocycles. The Balaban J connectivity index is 2.06. The van der Waals surface area contributed by atoms with Gasteiger partial charge in [0, 0.05) is 25.7 Å². The zero-order valence-electron chi connectivity index (χ0n) is 12.5. The summed E-state index contributed by atoms with van der Waals surface area (Å²) in [4.78, 5) is 2.31. The number of rotatable bonds is 6. The highest BCUT2D eigenvalue weighted by Crippen LogP contribution is 2.34. The Morgan fingerprint density at radius 2 is 2.00 bits per heavy atom. The van der Waals surface area contributed by atoms with Crippen molar-refractivity contribution >= 4 is 44.6 Å². The number of morpholine rings is 1. The van der Waals surface area contributed by atoms with Crippen LogP contribution in [0.3, 0.4) is 0 Å². The lowest BCUT2D eigenvalue weighted by molar-refractivity contribution is 0.00776. The van der Waals surface area contributed by atoms with Crippen LogP contribution in [0, 0.1) is 5.92 Å². The van der Waals surface area contributed by atoms with Crippen molar-refractivity contribution in [3.63, 3.8) is 0 Å². The van der Waals surface area contributed by atoms with E-state index in [0.29, 0.717) is 30.0 Å². The minimum absolute atomic E-state index is 0.0497. The van der Waals surface area contributed by atoms with Crippen molar-refractivity contribution in [3.05, 3.63) is 14.7 Å². The van der Waals surface area contributed by atoms with Gasteiger partial charge in [0.15, 0.2) is 0 Å². The van der Waals surface area contributed by atoms with Crippen molar-refractivity contribution in [2.24, 2.45) is 5.92 Å². The molecule has 1 aromatic heterocycles. The molecule has 5 nitrogen and oxygen atoms in total. The second-order valence-corrected chi connectivity index (χ2v) is 9.52. The van der Waals surface area contributed by atoms with Gasteiger partial charge in [0.2, 0.25) is 10.0 Å². The summed E-state index contributed by atoms with van der Waals surface area (Å²) in [6, 6.07) is 1.50. The minimum Gasteiger partial charge on any atom is -0.379 e. The van der Waals surface area contributed by atoms with Crippen LogP contribution in [0.1, 0.15) is 13.8 Å². The first kappa shape index (κ1) is 18.4. The van der Waals surface area contributed by atoms with Gasteiger partial charge < -0.3 is 4.74 Å². The summed E-state index contributed by atoms with van der Waals surface area (Å²) in [5.41, 5.74) is 0. The van der Waals surface area contributed by atoms with Crippen molar-refractivity contribution in [1.29, 1.82) is 0 Å². The standard InChI is InChI=1S/C13H20Cl2N2O3S2/c1-9(2)10(17-3-5-20-6-4-17)8-16-22(18,19)11-7-12(14)21-13(11)15/h7,9-10,16H,3-6,8H2,1-2H3. The Morgan fingerprint density at radius 1 is 1.36 bits per heavy atom. The lowest BCUT2D eigenvalue weighted by Gasteiger charge is -2.36. The molecule has 0 spiro atoms. The molecule has 0 amide bonds. The zero-order chi connectivity index (χ0) is 16.3. The first-order valence-electron chi connectivity index (χ1n) is 7.07. The van der Waals surface area contributed by atoms with Gasteiger partial charge in [-0.25, -0.2) is 13.1 Å². The normalized spacial score (nSPS) is 18.8. The van der Waals surface area contributed by atoms with Crippen molar-refractivity contribution < 1.29 is 13.2 Å². The summed E-state index contributed by atoms with van der Waals surface area (Å²) in [6.07, 6.45) is 0. The molecule has 22 heavy (non-hydrogen) atoms. The fourth-order valence-electron chi connectivity index (χ4n) is 2.48. The summed E-state index contributed by atoms with van der Waals surface area (Å²) in [6.45, 7) is 7.50. The fraction of sp³-hybridized carbons (Fsp3) is 0.692. The third-order valence-electron chi connectivity index (χ3n) is 3.68. The van der Waals surface area contributed by atoms with Gasteiger partial charge in [-0.2, -0.15) is 0 Å². The van der Waals surface area contributed by atoms with Crippen LogP contribution < -0.4 is 4.72 Å². The van der Waals surface area contributed by atoms with Crippen LogP contribution in [0.15, 0.2) is 11.0 Å². The van der Waals surface area contributed by atoms with E-state index < -0.39 is 10.0 Å². The van der Waals surface area contributed by atoms with E-state index in [1.807, 2.05) is 0 Å². The molecule has 9 heteroatoms. The number of halogens is 2. The lowest BCUT2D eigenvalue weighted by Crippen LogP contribution is -2.51. The molecule has 2 rings (SSSR count). The first-order valence-corrected chi connectivity index (χ1v) is 10.1. The molecule has 0 saturated carbocycles. The average Bonchev–Trinajstić information content (AvgIpc) is 2.79. The van der Waals surface area contributed by atoms with E-state index in [9.17, 15) is 8.42 Å². The average molecular weight is 387 g/mol. The van der Waals surface area contributed by atoms with Gasteiger partial charge in [-0.15, -0.1) is 11.3 Å². The van der Waals surface area contributed by atoms with Crippen LogP contribution in [0.4, 0.5) is 0 Å². The SMILES string of the molecule is CC(C)C(CNS(=O)(=O)c1cc(Cl)sc1Cl)N1CCOCC1. The molecule has 1 atom stereocenters. The summed E-state index contributed by atoms with van der Waals surface area (Å²) < 4.78 is 33.3. The van der Waals surface area contributed by atoms with Crippen LogP contribution in [-0.4, -0.2) is 52.2 Å². The molecule has 0 radical (unpaired) electrons. The molecule has 1 aliphatic heterocycles. The highest BCUT2D eigenvalue weighted by Gasteiger charge is 2.27. The van der Waals surface area contributed by atoms with Gasteiger partial charge in [-0.05, 0) is 12.0 Å². The topological polar surface area (TPSA) is 58.6 Å². The van der Waals surface area contributed by atoms with Gasteiger partial charge in [-0.1, -0.05) is 37.0 Å². The number of thiophene rings is 1. The molecule has 1 unspecified atom stereocenters. The Hall–Kier alpha value is 0.110. The molecular formula is C13H20Cl2N2O3S2. The van der Waals surface area contributed by atoms with Crippen molar-refractivity contribution in [2.45, 2.75) is 24.8 Å². The van der Waals surface area contributed by atoms with Gasteiger partial charge in [-0.3, -0.25) is 4.90 Å². The van der Waals surface area contributed by atoms with Gasteiger partial charge in [0.05, 0.1) is 17.6 Å². The zero-order valence-corrected chi connectivity index (χ0v) is 15.7. The molecule has 1 aliphatic rings.